The molecule has 0 amide bonds. The van der Waals surface area contributed by atoms with E-state index in [0.717, 1.165) is 36.1 Å². The van der Waals surface area contributed by atoms with E-state index in [1.165, 1.54) is 37.3 Å². The van der Waals surface area contributed by atoms with Crippen molar-refractivity contribution in [2.45, 2.75) is 38.1 Å². The minimum absolute atomic E-state index is 0.0133. The van der Waals surface area contributed by atoms with E-state index in [0.29, 0.717) is 11.1 Å². The lowest BCUT2D eigenvalue weighted by Crippen LogP contribution is -2.47. The second kappa shape index (κ2) is 10.3. The van der Waals surface area contributed by atoms with E-state index in [1.54, 1.807) is 6.92 Å². The molecule has 6 nitrogen and oxygen atoms in total. The van der Waals surface area contributed by atoms with E-state index in [-0.39, 0.29) is 22.9 Å². The molecule has 0 aliphatic rings. The van der Waals surface area contributed by atoms with Crippen molar-refractivity contribution in [3.63, 3.8) is 0 Å². The Labute approximate surface area is 208 Å². The van der Waals surface area contributed by atoms with Gasteiger partial charge < -0.3 is 19.1 Å². The number of aromatic nitrogens is 1. The molecule has 0 radical (unpaired) electrons. The van der Waals surface area contributed by atoms with Gasteiger partial charge in [-0.1, -0.05) is 36.7 Å². The number of hydrogen-bond donors (Lipinski definition) is 1. The molecule has 2 atom stereocenters. The molecule has 0 aliphatic carbocycles. The van der Waals surface area contributed by atoms with Crippen LogP contribution in [0.1, 0.15) is 30.9 Å². The van der Waals surface area contributed by atoms with E-state index in [1.807, 2.05) is 0 Å². The van der Waals surface area contributed by atoms with Crippen molar-refractivity contribution in [3.8, 4) is 16.9 Å². The van der Waals surface area contributed by atoms with Crippen LogP contribution in [0.15, 0.2) is 59.5 Å². The molecule has 11 heteroatoms. The Morgan fingerprint density at radius 3 is 2.31 bits per heavy atom. The van der Waals surface area contributed by atoms with Gasteiger partial charge in [0.25, 0.3) is 5.56 Å². The number of pyridine rings is 1. The molecule has 3 aromatic rings. The summed E-state index contributed by atoms with van der Waals surface area (Å²) < 4.78 is 67.2. The van der Waals surface area contributed by atoms with Gasteiger partial charge in [-0.2, -0.15) is 13.2 Å². The van der Waals surface area contributed by atoms with Crippen molar-refractivity contribution in [1.29, 1.82) is 0 Å². The summed E-state index contributed by atoms with van der Waals surface area (Å²) in [5.74, 6) is -2.82. The number of benzene rings is 2. The van der Waals surface area contributed by atoms with Crippen LogP contribution in [0, 0.1) is 5.82 Å². The summed E-state index contributed by atoms with van der Waals surface area (Å²) in [5.41, 5.74) is -3.70. The molecule has 0 saturated carbocycles. The maximum absolute atomic E-state index is 14.4. The van der Waals surface area contributed by atoms with Crippen molar-refractivity contribution in [3.05, 3.63) is 87.0 Å². The van der Waals surface area contributed by atoms with E-state index in [2.05, 4.69) is 9.47 Å². The SMILES string of the molecule is CCn1cc(C(O)(C(C)c2ccc(-c3ccc(OC(=O)OC)c(F)c3)cc2Cl)C(F)(F)F)ccc1=O. The first-order valence-corrected chi connectivity index (χ1v) is 11.1. The van der Waals surface area contributed by atoms with Gasteiger partial charge in [0.15, 0.2) is 17.2 Å². The van der Waals surface area contributed by atoms with Gasteiger partial charge in [-0.3, -0.25) is 4.79 Å². The van der Waals surface area contributed by atoms with Crippen molar-refractivity contribution in [2.24, 2.45) is 0 Å². The zero-order valence-corrected chi connectivity index (χ0v) is 20.2. The smallest absolute Gasteiger partial charge is 0.437 e. The van der Waals surface area contributed by atoms with Crippen LogP contribution in [0.3, 0.4) is 0 Å². The molecule has 2 unspecified atom stereocenters. The second-order valence-electron chi connectivity index (χ2n) is 7.97. The topological polar surface area (TPSA) is 77.8 Å². The highest BCUT2D eigenvalue weighted by atomic mass is 35.5. The number of methoxy groups -OCH3 is 1. The van der Waals surface area contributed by atoms with E-state index >= 15 is 0 Å². The zero-order chi connectivity index (χ0) is 26.8. The normalized spacial score (nSPS) is 14.1. The van der Waals surface area contributed by atoms with Gasteiger partial charge in [0.05, 0.1) is 7.11 Å². The van der Waals surface area contributed by atoms with Crippen LogP contribution in [-0.2, 0) is 16.9 Å². The third-order valence-electron chi connectivity index (χ3n) is 5.92. The van der Waals surface area contributed by atoms with Crippen molar-refractivity contribution < 1.29 is 36.9 Å². The van der Waals surface area contributed by atoms with Gasteiger partial charge in [-0.15, -0.1) is 0 Å². The fourth-order valence-corrected chi connectivity index (χ4v) is 4.18. The number of ether oxygens (including phenoxy) is 2. The average Bonchev–Trinajstić information content (AvgIpc) is 2.83. The highest BCUT2D eigenvalue weighted by Crippen LogP contribution is 2.49. The average molecular weight is 528 g/mol. The third kappa shape index (κ3) is 5.10. The quantitative estimate of drug-likeness (QED) is 0.241. The van der Waals surface area contributed by atoms with Crippen LogP contribution in [-0.4, -0.2) is 29.1 Å². The zero-order valence-electron chi connectivity index (χ0n) is 19.4. The highest BCUT2D eigenvalue weighted by molar-refractivity contribution is 6.31. The Morgan fingerprint density at radius 1 is 1.11 bits per heavy atom. The van der Waals surface area contributed by atoms with E-state index in [4.69, 9.17) is 11.6 Å². The predicted octanol–water partition coefficient (Wildman–Crippen LogP) is 6.03. The number of aliphatic hydroxyl groups is 1. The lowest BCUT2D eigenvalue weighted by molar-refractivity contribution is -0.274. The number of nitrogens with zero attached hydrogens (tertiary/aromatic N) is 1. The van der Waals surface area contributed by atoms with Gasteiger partial charge in [-0.25, -0.2) is 9.18 Å². The summed E-state index contributed by atoms with van der Waals surface area (Å²) in [6.07, 6.45) is -5.23. The maximum Gasteiger partial charge on any atom is 0.513 e. The molecule has 0 spiro atoms. The van der Waals surface area contributed by atoms with Crippen molar-refractivity contribution in [1.82, 2.24) is 4.57 Å². The van der Waals surface area contributed by atoms with E-state index in [9.17, 15) is 32.3 Å². The molecule has 1 aromatic heterocycles. The van der Waals surface area contributed by atoms with Crippen LogP contribution in [0.4, 0.5) is 22.4 Å². The molecule has 1 heterocycles. The largest absolute Gasteiger partial charge is 0.513 e. The second-order valence-corrected chi connectivity index (χ2v) is 8.37. The number of hydrogen-bond acceptors (Lipinski definition) is 5. The predicted molar refractivity (Wildman–Crippen MR) is 125 cm³/mol. The van der Waals surface area contributed by atoms with Gasteiger partial charge in [0.1, 0.15) is 0 Å². The first-order chi connectivity index (χ1) is 16.8. The molecule has 2 aromatic carbocycles. The number of alkyl halides is 3. The molecule has 0 bridgehead atoms. The molecule has 3 rings (SSSR count). The van der Waals surface area contributed by atoms with Gasteiger partial charge in [-0.05, 0) is 47.9 Å². The minimum Gasteiger partial charge on any atom is -0.437 e. The molecule has 1 N–H and O–H groups in total. The van der Waals surface area contributed by atoms with Crippen LogP contribution >= 0.6 is 11.6 Å². The Morgan fingerprint density at radius 2 is 1.75 bits per heavy atom. The van der Waals surface area contributed by atoms with Crippen LogP contribution in [0.2, 0.25) is 5.02 Å². The summed E-state index contributed by atoms with van der Waals surface area (Å²) in [6.45, 7) is 2.88. The molecule has 192 valence electrons. The summed E-state index contributed by atoms with van der Waals surface area (Å²) in [4.78, 5) is 23.1. The molecule has 0 fully saturated rings. The third-order valence-corrected chi connectivity index (χ3v) is 6.24. The standard InChI is InChI=1S/C25H22ClF4NO5/c1-4-31-13-17(7-10-22(31)32)24(34,25(28,29)30)14(2)18-8-5-15(11-19(18)26)16-6-9-21(20(27)12-16)36-23(33)35-3/h5-14,34H,4H2,1-3H3. The highest BCUT2D eigenvalue weighted by Gasteiger charge is 2.59. The molecule has 36 heavy (non-hydrogen) atoms. The molecular formula is C25H22ClF4NO5. The van der Waals surface area contributed by atoms with Gasteiger partial charge in [0.2, 0.25) is 0 Å². The Bertz CT molecular complexity index is 1340. The van der Waals surface area contributed by atoms with Gasteiger partial charge >= 0.3 is 12.3 Å². The Kier molecular flexibility index (Phi) is 7.80. The Hall–Kier alpha value is -3.37. The summed E-state index contributed by atoms with van der Waals surface area (Å²) in [5, 5.41) is 10.9. The molecule has 0 saturated heterocycles. The fraction of sp³-hybridized carbons (Fsp3) is 0.280. The summed E-state index contributed by atoms with van der Waals surface area (Å²) >= 11 is 6.35. The van der Waals surface area contributed by atoms with Crippen LogP contribution < -0.4 is 10.3 Å². The maximum atomic E-state index is 14.4. The number of aryl methyl sites for hydroxylation is 1. The van der Waals surface area contributed by atoms with Crippen molar-refractivity contribution in [2.75, 3.05) is 7.11 Å². The minimum atomic E-state index is -5.11. The Balaban J connectivity index is 2.02. The fourth-order valence-electron chi connectivity index (χ4n) is 3.84. The number of carbonyl (C=O) groups excluding carboxylic acids is 1. The lowest BCUT2D eigenvalue weighted by atomic mass is 9.78. The first kappa shape index (κ1) is 27.2. The number of rotatable bonds is 6. The van der Waals surface area contributed by atoms with Crippen molar-refractivity contribution >= 4 is 17.8 Å². The molecular weight excluding hydrogens is 506 g/mol. The van der Waals surface area contributed by atoms with E-state index < -0.39 is 40.8 Å². The molecule has 0 aliphatic heterocycles. The van der Waals surface area contributed by atoms with Crippen LogP contribution in [0.25, 0.3) is 11.1 Å². The lowest BCUT2D eigenvalue weighted by Gasteiger charge is -2.37. The first-order valence-electron chi connectivity index (χ1n) is 10.7. The van der Waals surface area contributed by atoms with Crippen LogP contribution in [0.5, 0.6) is 5.75 Å². The monoisotopic (exact) mass is 527 g/mol. The number of carbonyl (C=O) groups is 1. The summed E-state index contributed by atoms with van der Waals surface area (Å²) in [6, 6.07) is 9.67. The van der Waals surface area contributed by atoms with Gasteiger partial charge in [0, 0.05) is 35.3 Å². The number of halogens is 5. The summed E-state index contributed by atoms with van der Waals surface area (Å²) in [7, 11) is 1.07.